The molecule has 212 valence electrons. The molecule has 1 saturated carbocycles. The third-order valence-electron chi connectivity index (χ3n) is 7.41. The first kappa shape index (κ1) is 29.3. The summed E-state index contributed by atoms with van der Waals surface area (Å²) in [7, 11) is -4.08. The van der Waals surface area contributed by atoms with E-state index in [2.05, 4.69) is 5.32 Å². The smallest absolute Gasteiger partial charge is 0.264 e. The summed E-state index contributed by atoms with van der Waals surface area (Å²) < 4.78 is 29.0. The number of anilines is 1. The fourth-order valence-electron chi connectivity index (χ4n) is 5.32. The van der Waals surface area contributed by atoms with E-state index in [0.717, 1.165) is 52.2 Å². The Balaban J connectivity index is 1.70. The zero-order valence-corrected chi connectivity index (χ0v) is 24.6. The van der Waals surface area contributed by atoms with Crippen LogP contribution in [0.4, 0.5) is 5.69 Å². The Bertz CT molecular complexity index is 1430. The van der Waals surface area contributed by atoms with Crippen molar-refractivity contribution in [2.24, 2.45) is 0 Å². The van der Waals surface area contributed by atoms with Gasteiger partial charge in [0.2, 0.25) is 11.8 Å². The normalized spacial score (nSPS) is 14.5. The number of benzene rings is 3. The fraction of sp³-hybridized carbons (Fsp3) is 0.375. The average Bonchev–Trinajstić information content (AvgIpc) is 3.42. The van der Waals surface area contributed by atoms with Gasteiger partial charge in [-0.3, -0.25) is 13.9 Å². The fourth-order valence-corrected chi connectivity index (χ4v) is 6.74. The van der Waals surface area contributed by atoms with Gasteiger partial charge in [-0.2, -0.15) is 0 Å². The predicted octanol–water partition coefficient (Wildman–Crippen LogP) is 5.28. The lowest BCUT2D eigenvalue weighted by molar-refractivity contribution is -0.139. The molecular weight excluding hydrogens is 522 g/mol. The Morgan fingerprint density at radius 2 is 1.52 bits per heavy atom. The van der Waals surface area contributed by atoms with E-state index in [1.54, 1.807) is 37.3 Å². The third kappa shape index (κ3) is 7.10. The topological polar surface area (TPSA) is 86.8 Å². The summed E-state index contributed by atoms with van der Waals surface area (Å²) in [5.41, 5.74) is 4.09. The van der Waals surface area contributed by atoms with Crippen molar-refractivity contribution in [3.63, 3.8) is 0 Å². The van der Waals surface area contributed by atoms with Crippen LogP contribution in [0.25, 0.3) is 0 Å². The van der Waals surface area contributed by atoms with Gasteiger partial charge in [0, 0.05) is 12.6 Å². The molecule has 0 aliphatic heterocycles. The molecule has 0 heterocycles. The van der Waals surface area contributed by atoms with Gasteiger partial charge in [-0.05, 0) is 81.5 Å². The number of amides is 2. The molecule has 1 N–H and O–H groups in total. The number of nitrogens with one attached hydrogen (secondary N) is 1. The first-order chi connectivity index (χ1) is 19.0. The lowest BCUT2D eigenvalue weighted by atomic mass is 10.1. The van der Waals surface area contributed by atoms with Crippen LogP contribution in [0.1, 0.15) is 54.9 Å². The first-order valence-corrected chi connectivity index (χ1v) is 15.3. The molecule has 7 nitrogen and oxygen atoms in total. The zero-order valence-electron chi connectivity index (χ0n) is 23.8. The summed E-state index contributed by atoms with van der Waals surface area (Å²) in [6.45, 7) is 7.22. The molecule has 40 heavy (non-hydrogen) atoms. The molecule has 8 heteroatoms. The lowest BCUT2D eigenvalue weighted by Crippen LogP contribution is -2.52. The van der Waals surface area contributed by atoms with E-state index in [9.17, 15) is 18.0 Å². The standard InChI is InChI=1S/C32H39N3O4S/c1-23-11-10-12-27(18-23)21-34(26(4)32(37)33-28-13-8-9-14-28)31(36)22-35(29-19-24(2)17-25(3)20-29)40(38,39)30-15-6-5-7-16-30/h5-7,10-12,15-20,26,28H,8-9,13-14,21-22H2,1-4H3,(H,33,37). The average molecular weight is 562 g/mol. The number of nitrogens with zero attached hydrogens (tertiary/aromatic N) is 2. The molecule has 0 spiro atoms. The first-order valence-electron chi connectivity index (χ1n) is 13.9. The molecular formula is C32H39N3O4S. The molecule has 1 atom stereocenters. The molecule has 1 aliphatic rings. The second kappa shape index (κ2) is 12.7. The van der Waals surface area contributed by atoms with Gasteiger partial charge in [-0.1, -0.05) is 66.9 Å². The van der Waals surface area contributed by atoms with Crippen LogP contribution in [0.15, 0.2) is 77.7 Å². The summed E-state index contributed by atoms with van der Waals surface area (Å²) in [5.74, 6) is -0.675. The molecule has 4 rings (SSSR count). The Morgan fingerprint density at radius 3 is 2.15 bits per heavy atom. The highest BCUT2D eigenvalue weighted by molar-refractivity contribution is 7.92. The van der Waals surface area contributed by atoms with E-state index in [1.807, 2.05) is 51.1 Å². The molecule has 2 amide bonds. The lowest BCUT2D eigenvalue weighted by Gasteiger charge is -2.32. The number of aryl methyl sites for hydroxylation is 3. The van der Waals surface area contributed by atoms with Gasteiger partial charge in [-0.15, -0.1) is 0 Å². The van der Waals surface area contributed by atoms with Crippen molar-refractivity contribution >= 4 is 27.5 Å². The van der Waals surface area contributed by atoms with E-state index >= 15 is 0 Å². The number of carbonyl (C=O) groups is 2. The number of rotatable bonds is 10. The Morgan fingerprint density at radius 1 is 0.875 bits per heavy atom. The number of sulfonamides is 1. The quantitative estimate of drug-likeness (QED) is 0.365. The van der Waals surface area contributed by atoms with Gasteiger partial charge < -0.3 is 10.2 Å². The second-order valence-electron chi connectivity index (χ2n) is 10.8. The van der Waals surface area contributed by atoms with Crippen molar-refractivity contribution in [2.75, 3.05) is 10.8 Å². The Labute approximate surface area is 238 Å². The van der Waals surface area contributed by atoms with E-state index < -0.39 is 28.5 Å². The van der Waals surface area contributed by atoms with Crippen LogP contribution in [0.3, 0.4) is 0 Å². The van der Waals surface area contributed by atoms with Crippen LogP contribution in [0.5, 0.6) is 0 Å². The van der Waals surface area contributed by atoms with Gasteiger partial charge in [0.25, 0.3) is 10.0 Å². The van der Waals surface area contributed by atoms with Gasteiger partial charge >= 0.3 is 0 Å². The maximum Gasteiger partial charge on any atom is 0.264 e. The van der Waals surface area contributed by atoms with Crippen molar-refractivity contribution in [3.05, 3.63) is 95.1 Å². The Kier molecular flexibility index (Phi) is 9.30. The minimum Gasteiger partial charge on any atom is -0.352 e. The van der Waals surface area contributed by atoms with Crippen molar-refractivity contribution < 1.29 is 18.0 Å². The largest absolute Gasteiger partial charge is 0.352 e. The van der Waals surface area contributed by atoms with Crippen molar-refractivity contribution in [2.45, 2.75) is 76.9 Å². The Hall–Kier alpha value is -3.65. The minimum atomic E-state index is -4.08. The number of hydrogen-bond donors (Lipinski definition) is 1. The summed E-state index contributed by atoms with van der Waals surface area (Å²) in [6, 6.07) is 20.7. The molecule has 3 aromatic carbocycles. The highest BCUT2D eigenvalue weighted by atomic mass is 32.2. The van der Waals surface area contributed by atoms with Gasteiger partial charge in [-0.25, -0.2) is 8.42 Å². The maximum atomic E-state index is 14.1. The molecule has 0 radical (unpaired) electrons. The predicted molar refractivity (Wildman–Crippen MR) is 158 cm³/mol. The van der Waals surface area contributed by atoms with Gasteiger partial charge in [0.15, 0.2) is 0 Å². The van der Waals surface area contributed by atoms with E-state index in [0.29, 0.717) is 5.69 Å². The summed E-state index contributed by atoms with van der Waals surface area (Å²) in [5, 5.41) is 3.10. The molecule has 0 aromatic heterocycles. The SMILES string of the molecule is Cc1cccc(CN(C(=O)CN(c2cc(C)cc(C)c2)S(=O)(=O)c2ccccc2)C(C)C(=O)NC2CCCC2)c1. The van der Waals surface area contributed by atoms with E-state index in [4.69, 9.17) is 0 Å². The van der Waals surface area contributed by atoms with Crippen molar-refractivity contribution in [1.82, 2.24) is 10.2 Å². The monoisotopic (exact) mass is 561 g/mol. The van der Waals surface area contributed by atoms with Crippen LogP contribution < -0.4 is 9.62 Å². The second-order valence-corrected chi connectivity index (χ2v) is 12.7. The summed E-state index contributed by atoms with van der Waals surface area (Å²) in [4.78, 5) is 29.0. The van der Waals surface area contributed by atoms with Crippen LogP contribution in [-0.4, -0.2) is 43.8 Å². The minimum absolute atomic E-state index is 0.0965. The van der Waals surface area contributed by atoms with Crippen LogP contribution >= 0.6 is 0 Å². The van der Waals surface area contributed by atoms with E-state index in [1.165, 1.54) is 17.0 Å². The zero-order chi connectivity index (χ0) is 28.9. The van der Waals surface area contributed by atoms with E-state index in [-0.39, 0.29) is 23.4 Å². The highest BCUT2D eigenvalue weighted by Gasteiger charge is 2.33. The molecule has 3 aromatic rings. The molecule has 1 unspecified atom stereocenters. The van der Waals surface area contributed by atoms with Crippen molar-refractivity contribution in [3.8, 4) is 0 Å². The number of carbonyl (C=O) groups excluding carboxylic acids is 2. The summed E-state index contributed by atoms with van der Waals surface area (Å²) >= 11 is 0. The molecule has 1 fully saturated rings. The maximum absolute atomic E-state index is 14.1. The van der Waals surface area contributed by atoms with Crippen LogP contribution in [0, 0.1) is 20.8 Å². The third-order valence-corrected chi connectivity index (χ3v) is 9.20. The van der Waals surface area contributed by atoms with Gasteiger partial charge in [0.05, 0.1) is 10.6 Å². The molecule has 0 bridgehead atoms. The van der Waals surface area contributed by atoms with Crippen LogP contribution in [-0.2, 0) is 26.2 Å². The summed E-state index contributed by atoms with van der Waals surface area (Å²) in [6.07, 6.45) is 4.02. The van der Waals surface area contributed by atoms with Gasteiger partial charge in [0.1, 0.15) is 12.6 Å². The number of hydrogen-bond acceptors (Lipinski definition) is 4. The highest BCUT2D eigenvalue weighted by Crippen LogP contribution is 2.27. The van der Waals surface area contributed by atoms with Crippen molar-refractivity contribution in [1.29, 1.82) is 0 Å². The molecule has 1 aliphatic carbocycles. The molecule has 0 saturated heterocycles. The van der Waals surface area contributed by atoms with Crippen LogP contribution in [0.2, 0.25) is 0 Å².